The van der Waals surface area contributed by atoms with Gasteiger partial charge in [-0.3, -0.25) is 9.59 Å². The molecule has 5 heteroatoms. The number of aldehydes is 1. The number of fused-ring (bicyclic) bond motifs is 1. The van der Waals surface area contributed by atoms with E-state index >= 15 is 0 Å². The van der Waals surface area contributed by atoms with E-state index in [1.54, 1.807) is 26.8 Å². The van der Waals surface area contributed by atoms with Gasteiger partial charge in [0.1, 0.15) is 11.0 Å². The predicted molar refractivity (Wildman–Crippen MR) is 60.6 cm³/mol. The van der Waals surface area contributed by atoms with Crippen LogP contribution >= 0.6 is 0 Å². The maximum absolute atomic E-state index is 12.2. The molecule has 2 heterocycles. The molecule has 0 aromatic carbocycles. The minimum absolute atomic E-state index is 0.247. The summed E-state index contributed by atoms with van der Waals surface area (Å²) < 4.78 is 0. The number of hydrogen-bond acceptors (Lipinski definition) is 3. The second kappa shape index (κ2) is 3.18. The van der Waals surface area contributed by atoms with E-state index in [0.717, 1.165) is 5.57 Å². The van der Waals surface area contributed by atoms with Crippen LogP contribution in [-0.4, -0.2) is 40.2 Å². The van der Waals surface area contributed by atoms with E-state index in [1.807, 2.05) is 6.92 Å². The van der Waals surface area contributed by atoms with Crippen molar-refractivity contribution in [3.8, 4) is 0 Å². The Bertz CT molecular complexity index is 453. The third-order valence-electron chi connectivity index (χ3n) is 3.37. The van der Waals surface area contributed by atoms with Gasteiger partial charge in [-0.1, -0.05) is 5.57 Å². The summed E-state index contributed by atoms with van der Waals surface area (Å²) in [6, 6.07) is 0. The topological polar surface area (TPSA) is 57.7 Å². The van der Waals surface area contributed by atoms with Crippen LogP contribution in [0.1, 0.15) is 27.7 Å². The normalized spacial score (nSPS) is 31.4. The van der Waals surface area contributed by atoms with Crippen molar-refractivity contribution in [3.63, 3.8) is 0 Å². The molecule has 92 valence electrons. The lowest BCUT2D eigenvalue weighted by Gasteiger charge is -2.41. The van der Waals surface area contributed by atoms with Gasteiger partial charge in [-0.25, -0.2) is 10.0 Å². The summed E-state index contributed by atoms with van der Waals surface area (Å²) in [4.78, 5) is 35.6. The van der Waals surface area contributed by atoms with E-state index in [-0.39, 0.29) is 11.8 Å². The van der Waals surface area contributed by atoms with Crippen LogP contribution in [0.25, 0.3) is 0 Å². The first-order chi connectivity index (χ1) is 7.74. The average molecular weight is 236 g/mol. The molecule has 5 nitrogen and oxygen atoms in total. The smallest absolute Gasteiger partial charge is 0.257 e. The van der Waals surface area contributed by atoms with Gasteiger partial charge < -0.3 is 4.79 Å². The summed E-state index contributed by atoms with van der Waals surface area (Å²) in [7, 11) is 0. The van der Waals surface area contributed by atoms with Crippen LogP contribution < -0.4 is 0 Å². The third kappa shape index (κ3) is 1.34. The van der Waals surface area contributed by atoms with Gasteiger partial charge in [0.05, 0.1) is 6.54 Å². The second-order valence-corrected chi connectivity index (χ2v) is 5.44. The highest BCUT2D eigenvalue weighted by molar-refractivity contribution is 6.10. The number of carbonyl (C=O) groups excluding carboxylic acids is 3. The highest BCUT2D eigenvalue weighted by atomic mass is 16.2. The maximum atomic E-state index is 12.2. The second-order valence-electron chi connectivity index (χ2n) is 5.44. The van der Waals surface area contributed by atoms with Crippen molar-refractivity contribution in [3.05, 3.63) is 11.6 Å². The van der Waals surface area contributed by atoms with Crippen LogP contribution in [0.2, 0.25) is 0 Å². The SMILES string of the molecule is CC1=CC(C)(C=O)N2C(=O)C(C)(C)C(=O)N2C1. The number of hydrogen-bond donors (Lipinski definition) is 0. The fraction of sp³-hybridized carbons (Fsp3) is 0.583. The first-order valence-electron chi connectivity index (χ1n) is 5.55. The van der Waals surface area contributed by atoms with Gasteiger partial charge >= 0.3 is 0 Å². The standard InChI is InChI=1S/C12H16N2O3/c1-8-5-12(4,7-15)14-10(17)11(2,3)9(16)13(14)6-8/h5,7H,6H2,1-4H3. The fourth-order valence-electron chi connectivity index (χ4n) is 2.43. The van der Waals surface area contributed by atoms with Gasteiger partial charge in [-0.05, 0) is 33.8 Å². The van der Waals surface area contributed by atoms with E-state index < -0.39 is 11.0 Å². The number of rotatable bonds is 1. The lowest BCUT2D eigenvalue weighted by atomic mass is 9.91. The Kier molecular flexibility index (Phi) is 2.21. The summed E-state index contributed by atoms with van der Waals surface area (Å²) in [5.74, 6) is -0.566. The van der Waals surface area contributed by atoms with Crippen molar-refractivity contribution in [2.45, 2.75) is 33.2 Å². The monoisotopic (exact) mass is 236 g/mol. The zero-order valence-corrected chi connectivity index (χ0v) is 10.5. The largest absolute Gasteiger partial charge is 0.300 e. The molecular weight excluding hydrogens is 220 g/mol. The number of carbonyl (C=O) groups is 3. The van der Waals surface area contributed by atoms with Crippen molar-refractivity contribution in [2.75, 3.05) is 6.54 Å². The molecule has 0 aromatic rings. The highest BCUT2D eigenvalue weighted by Gasteiger charge is 2.58. The third-order valence-corrected chi connectivity index (χ3v) is 3.37. The van der Waals surface area contributed by atoms with Crippen LogP contribution in [-0.2, 0) is 14.4 Å². The molecule has 17 heavy (non-hydrogen) atoms. The van der Waals surface area contributed by atoms with Gasteiger partial charge in [0.25, 0.3) is 11.8 Å². The highest BCUT2D eigenvalue weighted by Crippen LogP contribution is 2.38. The Morgan fingerprint density at radius 1 is 1.24 bits per heavy atom. The van der Waals surface area contributed by atoms with Crippen LogP contribution in [0, 0.1) is 5.41 Å². The molecular formula is C12H16N2O3. The van der Waals surface area contributed by atoms with E-state index in [0.29, 0.717) is 12.8 Å². The lowest BCUT2D eigenvalue weighted by molar-refractivity contribution is -0.159. The van der Waals surface area contributed by atoms with Gasteiger partial charge in [0, 0.05) is 0 Å². The summed E-state index contributed by atoms with van der Waals surface area (Å²) in [6.45, 7) is 7.05. The molecule has 0 N–H and O–H groups in total. The van der Waals surface area contributed by atoms with Crippen molar-refractivity contribution in [2.24, 2.45) is 5.41 Å². The number of hydrazine groups is 1. The van der Waals surface area contributed by atoms with E-state index in [1.165, 1.54) is 10.0 Å². The maximum Gasteiger partial charge on any atom is 0.257 e. The molecule has 2 aliphatic heterocycles. The number of nitrogens with zero attached hydrogens (tertiary/aromatic N) is 2. The molecule has 0 radical (unpaired) electrons. The van der Waals surface area contributed by atoms with Crippen molar-refractivity contribution in [1.82, 2.24) is 10.0 Å². The van der Waals surface area contributed by atoms with Crippen molar-refractivity contribution >= 4 is 18.1 Å². The Morgan fingerprint density at radius 2 is 1.82 bits per heavy atom. The van der Waals surface area contributed by atoms with E-state index in [4.69, 9.17) is 0 Å². The Hall–Kier alpha value is -1.65. The summed E-state index contributed by atoms with van der Waals surface area (Å²) in [6.07, 6.45) is 2.44. The first-order valence-corrected chi connectivity index (χ1v) is 5.55. The molecule has 0 bridgehead atoms. The number of amides is 2. The molecule has 2 rings (SSSR count). The van der Waals surface area contributed by atoms with E-state index in [9.17, 15) is 14.4 Å². The summed E-state index contributed by atoms with van der Waals surface area (Å²) in [5, 5.41) is 2.67. The summed E-state index contributed by atoms with van der Waals surface area (Å²) in [5.41, 5.74) is -1.22. The van der Waals surface area contributed by atoms with Crippen molar-refractivity contribution < 1.29 is 14.4 Å². The quantitative estimate of drug-likeness (QED) is 0.379. The molecule has 1 saturated heterocycles. The van der Waals surface area contributed by atoms with Gasteiger partial charge in [-0.15, -0.1) is 0 Å². The molecule has 0 spiro atoms. The Balaban J connectivity index is 2.57. The van der Waals surface area contributed by atoms with Crippen LogP contribution in [0.15, 0.2) is 11.6 Å². The molecule has 0 aromatic heterocycles. The average Bonchev–Trinajstić information content (AvgIpc) is 2.41. The fourth-order valence-corrected chi connectivity index (χ4v) is 2.43. The lowest BCUT2D eigenvalue weighted by Crippen LogP contribution is -2.58. The molecule has 2 aliphatic rings. The zero-order valence-electron chi connectivity index (χ0n) is 10.5. The van der Waals surface area contributed by atoms with Gasteiger partial charge in [0.2, 0.25) is 0 Å². The predicted octanol–water partition coefficient (Wildman–Crippen LogP) is 0.516. The van der Waals surface area contributed by atoms with E-state index in [2.05, 4.69) is 0 Å². The Labute approximate surface area is 100 Å². The zero-order chi connectivity index (χ0) is 13.0. The van der Waals surface area contributed by atoms with Crippen molar-refractivity contribution in [1.29, 1.82) is 0 Å². The van der Waals surface area contributed by atoms with Gasteiger partial charge in [-0.2, -0.15) is 0 Å². The molecule has 1 atom stereocenters. The molecule has 0 saturated carbocycles. The minimum atomic E-state index is -1.08. The first kappa shape index (κ1) is 11.8. The molecule has 1 fully saturated rings. The Morgan fingerprint density at radius 3 is 2.35 bits per heavy atom. The molecule has 2 amide bonds. The minimum Gasteiger partial charge on any atom is -0.300 e. The van der Waals surface area contributed by atoms with Gasteiger partial charge in [0.15, 0.2) is 6.29 Å². The molecule has 0 aliphatic carbocycles. The van der Waals surface area contributed by atoms with Crippen LogP contribution in [0.5, 0.6) is 0 Å². The molecule has 1 unspecified atom stereocenters. The van der Waals surface area contributed by atoms with Crippen LogP contribution in [0.4, 0.5) is 0 Å². The summed E-state index contributed by atoms with van der Waals surface area (Å²) >= 11 is 0. The van der Waals surface area contributed by atoms with Crippen LogP contribution in [0.3, 0.4) is 0 Å².